The van der Waals surface area contributed by atoms with Crippen molar-refractivity contribution in [1.82, 2.24) is 9.97 Å². The molecule has 0 saturated heterocycles. The number of para-hydroxylation sites is 1. The molecular formula is C17H10F3N3O3. The average molecular weight is 361 g/mol. The molecule has 3 aromatic rings. The molecule has 1 aromatic heterocycles. The van der Waals surface area contributed by atoms with Crippen LogP contribution in [0.25, 0.3) is 22.3 Å². The number of benzene rings is 2. The zero-order chi connectivity index (χ0) is 18.7. The van der Waals surface area contributed by atoms with E-state index in [0.29, 0.717) is 16.7 Å². The van der Waals surface area contributed by atoms with Crippen LogP contribution in [0.5, 0.6) is 5.75 Å². The molecule has 0 aliphatic carbocycles. The van der Waals surface area contributed by atoms with E-state index in [2.05, 4.69) is 14.7 Å². The quantitative estimate of drug-likeness (QED) is 0.501. The fraction of sp³-hybridized carbons (Fsp3) is 0.0588. The fourth-order valence-corrected chi connectivity index (χ4v) is 2.46. The van der Waals surface area contributed by atoms with E-state index < -0.39 is 17.0 Å². The molecule has 9 heteroatoms. The molecule has 0 aliphatic heterocycles. The molecule has 0 unspecified atom stereocenters. The highest BCUT2D eigenvalue weighted by Gasteiger charge is 2.32. The summed E-state index contributed by atoms with van der Waals surface area (Å²) in [6.07, 6.45) is -0.750. The highest BCUT2D eigenvalue weighted by Crippen LogP contribution is 2.40. The monoisotopic (exact) mass is 361 g/mol. The number of alkyl halides is 3. The van der Waals surface area contributed by atoms with E-state index in [0.717, 1.165) is 0 Å². The fourth-order valence-electron chi connectivity index (χ4n) is 2.46. The van der Waals surface area contributed by atoms with Crippen LogP contribution < -0.4 is 4.74 Å². The van der Waals surface area contributed by atoms with Gasteiger partial charge in [0.2, 0.25) is 0 Å². The van der Waals surface area contributed by atoms with Gasteiger partial charge in [0, 0.05) is 35.7 Å². The second-order valence-electron chi connectivity index (χ2n) is 5.16. The van der Waals surface area contributed by atoms with E-state index in [-0.39, 0.29) is 11.3 Å². The van der Waals surface area contributed by atoms with E-state index >= 15 is 0 Å². The molecule has 0 fully saturated rings. The van der Waals surface area contributed by atoms with Crippen molar-refractivity contribution in [3.8, 4) is 28.0 Å². The summed E-state index contributed by atoms with van der Waals surface area (Å²) in [5.74, 6) is -0.410. The van der Waals surface area contributed by atoms with Gasteiger partial charge in [-0.15, -0.1) is 13.2 Å². The van der Waals surface area contributed by atoms with Gasteiger partial charge >= 0.3 is 6.36 Å². The van der Waals surface area contributed by atoms with Crippen LogP contribution >= 0.6 is 0 Å². The van der Waals surface area contributed by atoms with Crippen molar-refractivity contribution >= 4 is 5.69 Å². The smallest absolute Gasteiger partial charge is 0.405 e. The van der Waals surface area contributed by atoms with E-state index in [1.165, 1.54) is 55.1 Å². The zero-order valence-electron chi connectivity index (χ0n) is 13.0. The molecular weight excluding hydrogens is 351 g/mol. The summed E-state index contributed by atoms with van der Waals surface area (Å²) >= 11 is 0. The first-order chi connectivity index (χ1) is 12.3. The van der Waals surface area contributed by atoms with Crippen LogP contribution in [0, 0.1) is 10.1 Å². The van der Waals surface area contributed by atoms with E-state index in [4.69, 9.17) is 0 Å². The average Bonchev–Trinajstić information content (AvgIpc) is 2.61. The molecule has 132 valence electrons. The molecule has 0 N–H and O–H groups in total. The minimum atomic E-state index is -4.87. The standard InChI is InChI=1S/C17H10F3N3O3/c18-17(19,20)26-16-4-2-1-3-14(16)13-6-5-12(23(24)25)7-15(13)11-8-21-10-22-9-11/h1-10H. The second kappa shape index (κ2) is 6.79. The van der Waals surface area contributed by atoms with Gasteiger partial charge in [0.05, 0.1) is 4.92 Å². The molecule has 0 atom stereocenters. The molecule has 1 heterocycles. The predicted molar refractivity (Wildman–Crippen MR) is 86.2 cm³/mol. The van der Waals surface area contributed by atoms with Crippen LogP contribution in [-0.2, 0) is 0 Å². The molecule has 26 heavy (non-hydrogen) atoms. The lowest BCUT2D eigenvalue weighted by Crippen LogP contribution is -2.17. The number of non-ortho nitro benzene ring substituents is 1. The summed E-state index contributed by atoms with van der Waals surface area (Å²) in [6, 6.07) is 9.42. The Bertz CT molecular complexity index is 947. The number of nitro benzene ring substituents is 1. The SMILES string of the molecule is O=[N+]([O-])c1ccc(-c2ccccc2OC(F)(F)F)c(-c2cncnc2)c1. The Morgan fingerprint density at radius 3 is 2.31 bits per heavy atom. The summed E-state index contributed by atoms with van der Waals surface area (Å²) in [5, 5.41) is 11.1. The minimum absolute atomic E-state index is 0.138. The summed E-state index contributed by atoms with van der Waals surface area (Å²) in [7, 11) is 0. The first kappa shape index (κ1) is 17.3. The molecule has 0 bridgehead atoms. The van der Waals surface area contributed by atoms with Gasteiger partial charge in [-0.2, -0.15) is 0 Å². The molecule has 2 aromatic carbocycles. The number of hydrogen-bond donors (Lipinski definition) is 0. The summed E-state index contributed by atoms with van der Waals surface area (Å²) in [5.41, 5.74) is 0.997. The largest absolute Gasteiger partial charge is 0.573 e. The number of hydrogen-bond acceptors (Lipinski definition) is 5. The molecule has 3 rings (SSSR count). The number of halogens is 3. The van der Waals surface area contributed by atoms with Crippen LogP contribution in [0.2, 0.25) is 0 Å². The Morgan fingerprint density at radius 2 is 1.65 bits per heavy atom. The summed E-state index contributed by atoms with van der Waals surface area (Å²) < 4.78 is 42.2. The summed E-state index contributed by atoms with van der Waals surface area (Å²) in [4.78, 5) is 18.2. The molecule has 0 saturated carbocycles. The first-order valence-corrected chi connectivity index (χ1v) is 7.24. The lowest BCUT2D eigenvalue weighted by atomic mass is 9.95. The third kappa shape index (κ3) is 3.77. The van der Waals surface area contributed by atoms with Crippen molar-refractivity contribution in [1.29, 1.82) is 0 Å². The third-order valence-corrected chi connectivity index (χ3v) is 3.49. The lowest BCUT2D eigenvalue weighted by molar-refractivity contribution is -0.384. The lowest BCUT2D eigenvalue weighted by Gasteiger charge is -2.15. The maximum atomic E-state index is 12.7. The maximum absolute atomic E-state index is 12.7. The first-order valence-electron chi connectivity index (χ1n) is 7.24. The Balaban J connectivity index is 2.22. The number of ether oxygens (including phenoxy) is 1. The molecule has 0 aliphatic rings. The minimum Gasteiger partial charge on any atom is -0.405 e. The van der Waals surface area contributed by atoms with E-state index in [1.807, 2.05) is 0 Å². The van der Waals surface area contributed by atoms with Gasteiger partial charge in [0.1, 0.15) is 12.1 Å². The molecule has 0 radical (unpaired) electrons. The van der Waals surface area contributed by atoms with Gasteiger partial charge in [-0.25, -0.2) is 9.97 Å². The van der Waals surface area contributed by atoms with Crippen molar-refractivity contribution in [2.45, 2.75) is 6.36 Å². The van der Waals surface area contributed by atoms with Crippen LogP contribution in [0.3, 0.4) is 0 Å². The normalized spacial score (nSPS) is 11.2. The van der Waals surface area contributed by atoms with Crippen LogP contribution in [0.1, 0.15) is 0 Å². The Hall–Kier alpha value is -3.49. The molecule has 0 amide bonds. The molecule has 6 nitrogen and oxygen atoms in total. The van der Waals surface area contributed by atoms with Crippen molar-refractivity contribution in [3.05, 3.63) is 71.3 Å². The highest BCUT2D eigenvalue weighted by atomic mass is 19.4. The highest BCUT2D eigenvalue weighted by molar-refractivity contribution is 5.87. The number of nitro groups is 1. The Kier molecular flexibility index (Phi) is 4.53. The Labute approximate surface area is 145 Å². The Morgan fingerprint density at radius 1 is 0.962 bits per heavy atom. The van der Waals surface area contributed by atoms with Gasteiger partial charge in [0.15, 0.2) is 0 Å². The van der Waals surface area contributed by atoms with Gasteiger partial charge in [-0.1, -0.05) is 18.2 Å². The molecule has 0 spiro atoms. The maximum Gasteiger partial charge on any atom is 0.573 e. The third-order valence-electron chi connectivity index (χ3n) is 3.49. The van der Waals surface area contributed by atoms with Crippen molar-refractivity contribution in [3.63, 3.8) is 0 Å². The van der Waals surface area contributed by atoms with Crippen LogP contribution in [0.4, 0.5) is 18.9 Å². The van der Waals surface area contributed by atoms with Crippen molar-refractivity contribution in [2.75, 3.05) is 0 Å². The van der Waals surface area contributed by atoms with Gasteiger partial charge in [-0.05, 0) is 23.3 Å². The van der Waals surface area contributed by atoms with E-state index in [9.17, 15) is 23.3 Å². The summed E-state index contributed by atoms with van der Waals surface area (Å²) in [6.45, 7) is 0. The second-order valence-corrected chi connectivity index (χ2v) is 5.16. The number of aromatic nitrogens is 2. The number of rotatable bonds is 4. The van der Waals surface area contributed by atoms with Crippen LogP contribution in [-0.4, -0.2) is 21.3 Å². The number of nitrogens with zero attached hydrogens (tertiary/aromatic N) is 3. The van der Waals surface area contributed by atoms with Gasteiger partial charge in [-0.3, -0.25) is 10.1 Å². The predicted octanol–water partition coefficient (Wildman–Crippen LogP) is 4.62. The van der Waals surface area contributed by atoms with Crippen molar-refractivity contribution < 1.29 is 22.8 Å². The van der Waals surface area contributed by atoms with E-state index in [1.54, 1.807) is 6.07 Å². The van der Waals surface area contributed by atoms with Crippen LogP contribution in [0.15, 0.2) is 61.2 Å². The zero-order valence-corrected chi connectivity index (χ0v) is 13.0. The van der Waals surface area contributed by atoms with Gasteiger partial charge < -0.3 is 4.74 Å². The topological polar surface area (TPSA) is 78.2 Å². The van der Waals surface area contributed by atoms with Gasteiger partial charge in [0.25, 0.3) is 5.69 Å². The van der Waals surface area contributed by atoms with Crippen molar-refractivity contribution in [2.24, 2.45) is 0 Å².